The fraction of sp³-hybridized carbons (Fsp3) is 0.231. The molecule has 1 aromatic heterocycles. The number of carbonyl (C=O) groups is 1. The lowest BCUT2D eigenvalue weighted by Crippen LogP contribution is -2.15. The van der Waals surface area contributed by atoms with Gasteiger partial charge in [0, 0.05) is 17.1 Å². The second kappa shape index (κ2) is 3.59. The molecule has 1 aliphatic rings. The number of hydrogen-bond acceptors (Lipinski definition) is 2. The average molecular weight is 264 g/mol. The van der Waals surface area contributed by atoms with Crippen molar-refractivity contribution in [2.45, 2.75) is 17.7 Å². The van der Waals surface area contributed by atoms with Crippen LogP contribution < -0.4 is 5.43 Å². The molecular formula is C13H10ClNO3. The Labute approximate surface area is 107 Å². The minimum Gasteiger partial charge on any atom is -0.477 e. The summed E-state index contributed by atoms with van der Waals surface area (Å²) in [6.45, 7) is 0. The molecule has 1 heterocycles. The summed E-state index contributed by atoms with van der Waals surface area (Å²) in [5, 5.41) is 9.25. The smallest absolute Gasteiger partial charge is 0.341 e. The number of alkyl halides is 1. The standard InChI is InChI=1S/C13H10ClNO3/c14-13(3-4-13)7-1-2-8-10(5-7)15-6-9(11(8)16)12(17)18/h1-2,5-6H,3-4H2,(H,15,16)(H,17,18). The lowest BCUT2D eigenvalue weighted by Gasteiger charge is -2.08. The van der Waals surface area contributed by atoms with Gasteiger partial charge in [-0.15, -0.1) is 11.6 Å². The maximum atomic E-state index is 11.9. The minimum atomic E-state index is -1.22. The highest BCUT2D eigenvalue weighted by Gasteiger charge is 2.42. The van der Waals surface area contributed by atoms with Gasteiger partial charge in [0.2, 0.25) is 5.43 Å². The number of hydrogen-bond donors (Lipinski definition) is 2. The number of carboxylic acid groups (broad SMARTS) is 1. The molecule has 18 heavy (non-hydrogen) atoms. The molecule has 1 fully saturated rings. The maximum absolute atomic E-state index is 11.9. The molecule has 1 aromatic carbocycles. The molecule has 2 aromatic rings. The normalized spacial score (nSPS) is 16.7. The van der Waals surface area contributed by atoms with Crippen molar-refractivity contribution in [2.75, 3.05) is 0 Å². The lowest BCUT2D eigenvalue weighted by atomic mass is 10.1. The van der Waals surface area contributed by atoms with Crippen molar-refractivity contribution in [2.24, 2.45) is 0 Å². The first-order valence-corrected chi connectivity index (χ1v) is 5.97. The van der Waals surface area contributed by atoms with Crippen LogP contribution in [0.3, 0.4) is 0 Å². The van der Waals surface area contributed by atoms with Crippen molar-refractivity contribution in [3.63, 3.8) is 0 Å². The molecule has 4 nitrogen and oxygen atoms in total. The van der Waals surface area contributed by atoms with Crippen LogP contribution in [0.5, 0.6) is 0 Å². The molecule has 0 bridgehead atoms. The Balaban J connectivity index is 2.23. The molecule has 0 aliphatic heterocycles. The van der Waals surface area contributed by atoms with E-state index in [1.54, 1.807) is 12.1 Å². The SMILES string of the molecule is O=C(O)c1c[nH]c2cc(C3(Cl)CC3)ccc2c1=O. The molecule has 2 N–H and O–H groups in total. The number of nitrogens with one attached hydrogen (secondary N) is 1. The number of halogens is 1. The van der Waals surface area contributed by atoms with E-state index in [1.807, 2.05) is 6.07 Å². The van der Waals surface area contributed by atoms with Crippen molar-refractivity contribution >= 4 is 28.5 Å². The number of aromatic nitrogens is 1. The zero-order valence-electron chi connectivity index (χ0n) is 9.37. The van der Waals surface area contributed by atoms with E-state index in [1.165, 1.54) is 6.20 Å². The summed E-state index contributed by atoms with van der Waals surface area (Å²) < 4.78 is 0. The second-order valence-electron chi connectivity index (χ2n) is 4.56. The number of carboxylic acids is 1. The highest BCUT2D eigenvalue weighted by atomic mass is 35.5. The van der Waals surface area contributed by atoms with Crippen LogP contribution in [0, 0.1) is 0 Å². The van der Waals surface area contributed by atoms with E-state index in [-0.39, 0.29) is 10.4 Å². The van der Waals surface area contributed by atoms with Gasteiger partial charge in [-0.05, 0) is 30.5 Å². The van der Waals surface area contributed by atoms with Gasteiger partial charge in [0.25, 0.3) is 0 Å². The number of rotatable bonds is 2. The number of benzene rings is 1. The summed E-state index contributed by atoms with van der Waals surface area (Å²) in [4.78, 5) is 25.3. The molecule has 92 valence electrons. The monoisotopic (exact) mass is 263 g/mol. The van der Waals surface area contributed by atoms with Gasteiger partial charge in [0.15, 0.2) is 0 Å². The van der Waals surface area contributed by atoms with E-state index in [9.17, 15) is 9.59 Å². The van der Waals surface area contributed by atoms with Gasteiger partial charge < -0.3 is 10.1 Å². The molecule has 0 amide bonds. The average Bonchev–Trinajstić information content (AvgIpc) is 3.08. The van der Waals surface area contributed by atoms with Gasteiger partial charge >= 0.3 is 5.97 Å². The molecule has 0 atom stereocenters. The van der Waals surface area contributed by atoms with Gasteiger partial charge in [0.1, 0.15) is 5.56 Å². The van der Waals surface area contributed by atoms with E-state index in [2.05, 4.69) is 4.98 Å². The van der Waals surface area contributed by atoms with E-state index in [4.69, 9.17) is 16.7 Å². The highest BCUT2D eigenvalue weighted by molar-refractivity contribution is 6.26. The summed E-state index contributed by atoms with van der Waals surface area (Å²) in [6.07, 6.45) is 3.08. The van der Waals surface area contributed by atoms with E-state index in [0.717, 1.165) is 18.4 Å². The summed E-state index contributed by atoms with van der Waals surface area (Å²) in [5.41, 5.74) is 0.870. The molecule has 1 saturated carbocycles. The van der Waals surface area contributed by atoms with Gasteiger partial charge in [0.05, 0.1) is 4.87 Å². The van der Waals surface area contributed by atoms with Crippen molar-refractivity contribution in [3.05, 3.63) is 45.7 Å². The molecule has 0 unspecified atom stereocenters. The molecule has 5 heteroatoms. The van der Waals surface area contributed by atoms with Crippen molar-refractivity contribution in [1.29, 1.82) is 0 Å². The topological polar surface area (TPSA) is 70.2 Å². The van der Waals surface area contributed by atoms with Crippen molar-refractivity contribution < 1.29 is 9.90 Å². The third-order valence-electron chi connectivity index (χ3n) is 3.32. The Bertz CT molecular complexity index is 716. The first-order valence-electron chi connectivity index (χ1n) is 5.59. The van der Waals surface area contributed by atoms with Gasteiger partial charge in [-0.25, -0.2) is 4.79 Å². The first kappa shape index (κ1) is 11.3. The minimum absolute atomic E-state index is 0.248. The van der Waals surface area contributed by atoms with E-state index >= 15 is 0 Å². The number of fused-ring (bicyclic) bond motifs is 1. The van der Waals surface area contributed by atoms with Crippen LogP contribution in [0.2, 0.25) is 0 Å². The Morgan fingerprint density at radius 1 is 1.39 bits per heavy atom. The largest absolute Gasteiger partial charge is 0.477 e. The summed E-state index contributed by atoms with van der Waals surface area (Å²) >= 11 is 6.31. The molecule has 0 spiro atoms. The van der Waals surface area contributed by atoms with E-state index < -0.39 is 11.4 Å². The predicted octanol–water partition coefficient (Wildman–Crippen LogP) is 2.45. The van der Waals surface area contributed by atoms with Crippen molar-refractivity contribution in [1.82, 2.24) is 4.98 Å². The van der Waals surface area contributed by atoms with Crippen LogP contribution in [-0.4, -0.2) is 16.1 Å². The Morgan fingerprint density at radius 3 is 2.72 bits per heavy atom. The first-order chi connectivity index (χ1) is 8.51. The van der Waals surface area contributed by atoms with E-state index in [0.29, 0.717) is 10.9 Å². The number of aromatic amines is 1. The van der Waals surface area contributed by atoms with Crippen LogP contribution in [0.4, 0.5) is 0 Å². The summed E-state index contributed by atoms with van der Waals surface area (Å²) in [6, 6.07) is 5.25. The Morgan fingerprint density at radius 2 is 2.11 bits per heavy atom. The quantitative estimate of drug-likeness (QED) is 0.818. The number of pyridine rings is 1. The number of H-pyrrole nitrogens is 1. The van der Waals surface area contributed by atoms with Gasteiger partial charge in [-0.1, -0.05) is 6.07 Å². The lowest BCUT2D eigenvalue weighted by molar-refractivity contribution is 0.0695. The number of aromatic carboxylic acids is 1. The van der Waals surface area contributed by atoms with Crippen molar-refractivity contribution in [3.8, 4) is 0 Å². The van der Waals surface area contributed by atoms with Crippen LogP contribution in [0.15, 0.2) is 29.2 Å². The summed E-state index contributed by atoms with van der Waals surface area (Å²) in [7, 11) is 0. The van der Waals surface area contributed by atoms with Crippen LogP contribution in [0.25, 0.3) is 10.9 Å². The van der Waals surface area contributed by atoms with Crippen LogP contribution >= 0.6 is 11.6 Å². The van der Waals surface area contributed by atoms with Crippen LogP contribution in [-0.2, 0) is 4.87 Å². The fourth-order valence-electron chi connectivity index (χ4n) is 2.06. The fourth-order valence-corrected chi connectivity index (χ4v) is 2.27. The Kier molecular flexibility index (Phi) is 2.25. The summed E-state index contributed by atoms with van der Waals surface area (Å²) in [5.74, 6) is -1.22. The third-order valence-corrected chi connectivity index (χ3v) is 3.91. The maximum Gasteiger partial charge on any atom is 0.341 e. The molecule has 0 saturated heterocycles. The van der Waals surface area contributed by atoms with Gasteiger partial charge in [-0.2, -0.15) is 0 Å². The molecule has 0 radical (unpaired) electrons. The van der Waals surface area contributed by atoms with Gasteiger partial charge in [-0.3, -0.25) is 4.79 Å². The van der Waals surface area contributed by atoms with Crippen LogP contribution in [0.1, 0.15) is 28.8 Å². The zero-order chi connectivity index (χ0) is 12.9. The molecule has 3 rings (SSSR count). The second-order valence-corrected chi connectivity index (χ2v) is 5.29. The third kappa shape index (κ3) is 1.61. The Hall–Kier alpha value is -1.81. The molecule has 1 aliphatic carbocycles. The zero-order valence-corrected chi connectivity index (χ0v) is 10.1. The highest BCUT2D eigenvalue weighted by Crippen LogP contribution is 2.52. The predicted molar refractivity (Wildman–Crippen MR) is 68.3 cm³/mol. The molecular weight excluding hydrogens is 254 g/mol.